The number of benzene rings is 1. The van der Waals surface area contributed by atoms with Crippen molar-refractivity contribution < 1.29 is 14.3 Å². The number of methoxy groups -OCH3 is 2. The molecule has 1 aromatic carbocycles. The van der Waals surface area contributed by atoms with E-state index < -0.39 is 5.92 Å². The van der Waals surface area contributed by atoms with Crippen molar-refractivity contribution in [2.45, 2.75) is 19.3 Å². The minimum Gasteiger partial charge on any atom is -0.497 e. The van der Waals surface area contributed by atoms with Gasteiger partial charge < -0.3 is 14.8 Å². The summed E-state index contributed by atoms with van der Waals surface area (Å²) in [5, 5.41) is 11.9. The van der Waals surface area contributed by atoms with Gasteiger partial charge in [-0.1, -0.05) is 6.07 Å². The number of amides is 1. The summed E-state index contributed by atoms with van der Waals surface area (Å²) < 4.78 is 10.4. The lowest BCUT2D eigenvalue weighted by molar-refractivity contribution is -0.121. The maximum Gasteiger partial charge on any atom is 0.221 e. The van der Waals surface area contributed by atoms with Crippen LogP contribution in [0.4, 0.5) is 0 Å². The first-order valence-electron chi connectivity index (χ1n) is 6.04. The zero-order valence-corrected chi connectivity index (χ0v) is 11.4. The summed E-state index contributed by atoms with van der Waals surface area (Å²) in [6, 6.07) is 7.35. The van der Waals surface area contributed by atoms with E-state index in [4.69, 9.17) is 9.47 Å². The van der Waals surface area contributed by atoms with Crippen LogP contribution in [0, 0.1) is 11.3 Å². The van der Waals surface area contributed by atoms with Crippen LogP contribution in [-0.4, -0.2) is 26.7 Å². The number of ether oxygens (including phenoxy) is 2. The van der Waals surface area contributed by atoms with Crippen molar-refractivity contribution in [3.63, 3.8) is 0 Å². The second-order valence-electron chi connectivity index (χ2n) is 3.95. The molecule has 0 bridgehead atoms. The molecular formula is C14H18N2O3. The molecule has 0 aliphatic carbocycles. The Labute approximate surface area is 113 Å². The lowest BCUT2D eigenvalue weighted by atomic mass is 9.95. The third-order valence-corrected chi connectivity index (χ3v) is 2.74. The van der Waals surface area contributed by atoms with Crippen molar-refractivity contribution in [3.05, 3.63) is 23.8 Å². The molecule has 1 N–H and O–H groups in total. The number of nitriles is 1. The molecule has 5 nitrogen and oxygen atoms in total. The second-order valence-corrected chi connectivity index (χ2v) is 3.95. The molecule has 1 rings (SSSR count). The predicted molar refractivity (Wildman–Crippen MR) is 71.2 cm³/mol. The predicted octanol–water partition coefficient (Wildman–Crippen LogP) is 1.84. The van der Waals surface area contributed by atoms with Crippen LogP contribution in [0.2, 0.25) is 0 Å². The van der Waals surface area contributed by atoms with Crippen molar-refractivity contribution >= 4 is 5.91 Å². The third-order valence-electron chi connectivity index (χ3n) is 2.74. The van der Waals surface area contributed by atoms with Crippen molar-refractivity contribution in [1.82, 2.24) is 5.32 Å². The fraction of sp³-hybridized carbons (Fsp3) is 0.429. The molecule has 0 fully saturated rings. The van der Waals surface area contributed by atoms with E-state index >= 15 is 0 Å². The minimum atomic E-state index is -0.535. The number of nitrogens with one attached hydrogen (secondary N) is 1. The summed E-state index contributed by atoms with van der Waals surface area (Å²) in [4.78, 5) is 11.6. The van der Waals surface area contributed by atoms with E-state index in [-0.39, 0.29) is 12.3 Å². The van der Waals surface area contributed by atoms with Gasteiger partial charge in [0.15, 0.2) is 0 Å². The Balaban J connectivity index is 2.98. The number of hydrogen-bond donors (Lipinski definition) is 1. The molecular weight excluding hydrogens is 244 g/mol. The van der Waals surface area contributed by atoms with E-state index in [9.17, 15) is 10.1 Å². The van der Waals surface area contributed by atoms with Crippen molar-refractivity contribution in [1.29, 1.82) is 5.26 Å². The molecule has 0 aromatic heterocycles. The van der Waals surface area contributed by atoms with Crippen LogP contribution in [0.25, 0.3) is 0 Å². The van der Waals surface area contributed by atoms with Gasteiger partial charge in [0.2, 0.25) is 5.91 Å². The minimum absolute atomic E-state index is 0.118. The van der Waals surface area contributed by atoms with Crippen molar-refractivity contribution in [2.24, 2.45) is 0 Å². The monoisotopic (exact) mass is 262 g/mol. The van der Waals surface area contributed by atoms with Crippen LogP contribution in [-0.2, 0) is 4.79 Å². The summed E-state index contributed by atoms with van der Waals surface area (Å²) in [5.41, 5.74) is 0.692. The Morgan fingerprint density at radius 1 is 1.42 bits per heavy atom. The first-order valence-corrected chi connectivity index (χ1v) is 6.04. The van der Waals surface area contributed by atoms with Gasteiger partial charge in [-0.2, -0.15) is 5.26 Å². The number of hydrogen-bond acceptors (Lipinski definition) is 4. The molecule has 1 amide bonds. The van der Waals surface area contributed by atoms with Crippen molar-refractivity contribution in [3.8, 4) is 17.6 Å². The zero-order valence-electron chi connectivity index (χ0n) is 11.4. The molecule has 5 heteroatoms. The topological polar surface area (TPSA) is 71.4 Å². The third kappa shape index (κ3) is 3.88. The summed E-state index contributed by atoms with van der Waals surface area (Å²) in [7, 11) is 3.09. The number of carbonyl (C=O) groups is 1. The van der Waals surface area contributed by atoms with Crippen LogP contribution in [0.5, 0.6) is 11.5 Å². The molecule has 0 radical (unpaired) electrons. The number of carbonyl (C=O) groups excluding carboxylic acids is 1. The maximum atomic E-state index is 11.6. The average molecular weight is 262 g/mol. The van der Waals surface area contributed by atoms with Crippen LogP contribution in [0.15, 0.2) is 18.2 Å². The average Bonchev–Trinajstić information content (AvgIpc) is 2.44. The van der Waals surface area contributed by atoms with Crippen LogP contribution in [0.1, 0.15) is 24.8 Å². The van der Waals surface area contributed by atoms with E-state index in [1.54, 1.807) is 25.3 Å². The first-order chi connectivity index (χ1) is 9.15. The molecule has 0 spiro atoms. The maximum absolute atomic E-state index is 11.6. The Bertz CT molecular complexity index is 480. The largest absolute Gasteiger partial charge is 0.497 e. The Kier molecular flexibility index (Phi) is 5.68. The van der Waals surface area contributed by atoms with Gasteiger partial charge in [-0.3, -0.25) is 4.79 Å². The smallest absolute Gasteiger partial charge is 0.221 e. The Morgan fingerprint density at radius 3 is 2.68 bits per heavy atom. The van der Waals surface area contributed by atoms with Gasteiger partial charge >= 0.3 is 0 Å². The summed E-state index contributed by atoms with van der Waals surface area (Å²) in [5.74, 6) is 0.518. The van der Waals surface area contributed by atoms with Gasteiger partial charge in [-0.15, -0.1) is 0 Å². The highest BCUT2D eigenvalue weighted by Crippen LogP contribution is 2.32. The van der Waals surface area contributed by atoms with Crippen LogP contribution < -0.4 is 14.8 Å². The van der Waals surface area contributed by atoms with Crippen molar-refractivity contribution in [2.75, 3.05) is 20.8 Å². The molecule has 0 heterocycles. The van der Waals surface area contributed by atoms with Gasteiger partial charge in [0, 0.05) is 24.6 Å². The lowest BCUT2D eigenvalue weighted by Crippen LogP contribution is -2.24. The normalized spacial score (nSPS) is 11.3. The molecule has 0 aliphatic rings. The van der Waals surface area contributed by atoms with E-state index in [2.05, 4.69) is 11.4 Å². The molecule has 102 valence electrons. The summed E-state index contributed by atoms with van der Waals surface area (Å²) in [6.07, 6.45) is 0.118. The van der Waals surface area contributed by atoms with E-state index in [0.29, 0.717) is 23.6 Å². The fourth-order valence-electron chi connectivity index (χ4n) is 1.79. The Hall–Kier alpha value is -2.22. The SMILES string of the molecule is CCNC(=O)CC(C#N)c1ccc(OC)cc1OC. The van der Waals surface area contributed by atoms with Crippen LogP contribution in [0.3, 0.4) is 0 Å². The van der Waals surface area contributed by atoms with Gasteiger partial charge in [-0.25, -0.2) is 0 Å². The number of nitrogens with zero attached hydrogens (tertiary/aromatic N) is 1. The molecule has 1 unspecified atom stereocenters. The zero-order chi connectivity index (χ0) is 14.3. The summed E-state index contributed by atoms with van der Waals surface area (Å²) in [6.45, 7) is 2.39. The fourth-order valence-corrected chi connectivity index (χ4v) is 1.79. The van der Waals surface area contributed by atoms with Gasteiger partial charge in [0.1, 0.15) is 11.5 Å². The van der Waals surface area contributed by atoms with E-state index in [1.807, 2.05) is 6.92 Å². The van der Waals surface area contributed by atoms with E-state index in [0.717, 1.165) is 0 Å². The standard InChI is InChI=1S/C14H18N2O3/c1-4-16-14(17)7-10(9-15)12-6-5-11(18-2)8-13(12)19-3/h5-6,8,10H,4,7H2,1-3H3,(H,16,17). The first kappa shape index (κ1) is 14.8. The molecule has 0 aliphatic heterocycles. The lowest BCUT2D eigenvalue weighted by Gasteiger charge is -2.14. The summed E-state index contributed by atoms with van der Waals surface area (Å²) >= 11 is 0. The van der Waals surface area contributed by atoms with Crippen LogP contribution >= 0.6 is 0 Å². The molecule has 1 aromatic rings. The highest BCUT2D eigenvalue weighted by atomic mass is 16.5. The molecule has 0 saturated carbocycles. The van der Waals surface area contributed by atoms with Gasteiger partial charge in [0.05, 0.1) is 26.2 Å². The van der Waals surface area contributed by atoms with Gasteiger partial charge in [-0.05, 0) is 13.0 Å². The quantitative estimate of drug-likeness (QED) is 0.849. The molecule has 1 atom stereocenters. The second kappa shape index (κ2) is 7.27. The highest BCUT2D eigenvalue weighted by Gasteiger charge is 2.19. The highest BCUT2D eigenvalue weighted by molar-refractivity contribution is 5.77. The molecule has 19 heavy (non-hydrogen) atoms. The van der Waals surface area contributed by atoms with E-state index in [1.165, 1.54) is 7.11 Å². The Morgan fingerprint density at radius 2 is 2.16 bits per heavy atom. The van der Waals surface area contributed by atoms with Gasteiger partial charge in [0.25, 0.3) is 0 Å². The molecule has 0 saturated heterocycles. The number of rotatable bonds is 6.